The maximum absolute atomic E-state index is 12.6. The molecule has 0 N–H and O–H groups in total. The van der Waals surface area contributed by atoms with Gasteiger partial charge in [0.05, 0.1) is 38.3 Å². The Morgan fingerprint density at radius 3 is 2.68 bits per heavy atom. The summed E-state index contributed by atoms with van der Waals surface area (Å²) in [6.45, 7) is 5.23. The smallest absolute Gasteiger partial charge is 0.257 e. The van der Waals surface area contributed by atoms with E-state index in [1.165, 1.54) is 12.5 Å². The number of morpholine rings is 1. The fourth-order valence-electron chi connectivity index (χ4n) is 4.21. The van der Waals surface area contributed by atoms with E-state index in [4.69, 9.17) is 13.9 Å². The molecule has 3 atom stereocenters. The summed E-state index contributed by atoms with van der Waals surface area (Å²) >= 11 is 0. The Bertz CT molecular complexity index is 611. The van der Waals surface area contributed by atoms with Crippen molar-refractivity contribution >= 4 is 11.8 Å². The second-order valence-electron chi connectivity index (χ2n) is 7.14. The monoisotopic (exact) mass is 348 g/mol. The first-order valence-corrected chi connectivity index (χ1v) is 8.97. The van der Waals surface area contributed by atoms with E-state index in [1.807, 2.05) is 9.80 Å². The van der Waals surface area contributed by atoms with Crippen LogP contribution in [0.1, 0.15) is 16.8 Å². The molecular formula is C18H24N2O5. The lowest BCUT2D eigenvalue weighted by molar-refractivity contribution is -0.138. The van der Waals surface area contributed by atoms with Gasteiger partial charge in [0, 0.05) is 38.5 Å². The topological polar surface area (TPSA) is 72.2 Å². The van der Waals surface area contributed by atoms with Gasteiger partial charge in [-0.2, -0.15) is 0 Å². The number of carbonyl (C=O) groups is 2. The molecule has 25 heavy (non-hydrogen) atoms. The summed E-state index contributed by atoms with van der Waals surface area (Å²) in [6, 6.07) is 1.69. The molecule has 7 nitrogen and oxygen atoms in total. The molecule has 0 saturated carbocycles. The van der Waals surface area contributed by atoms with Crippen LogP contribution >= 0.6 is 0 Å². The first kappa shape index (κ1) is 16.6. The second kappa shape index (κ2) is 7.17. The van der Waals surface area contributed by atoms with Gasteiger partial charge in [-0.05, 0) is 17.9 Å². The molecule has 0 bridgehead atoms. The Morgan fingerprint density at radius 2 is 1.92 bits per heavy atom. The van der Waals surface area contributed by atoms with Crippen molar-refractivity contribution < 1.29 is 23.5 Å². The first-order valence-electron chi connectivity index (χ1n) is 8.97. The maximum atomic E-state index is 12.6. The highest BCUT2D eigenvalue weighted by molar-refractivity contribution is 5.94. The third-order valence-electron chi connectivity index (χ3n) is 5.62. The third kappa shape index (κ3) is 3.43. The highest BCUT2D eigenvalue weighted by atomic mass is 16.5. The molecule has 0 aromatic carbocycles. The number of hydrogen-bond acceptors (Lipinski definition) is 5. The molecule has 3 aliphatic heterocycles. The summed E-state index contributed by atoms with van der Waals surface area (Å²) in [7, 11) is 0. The lowest BCUT2D eigenvalue weighted by atomic mass is 9.81. The van der Waals surface area contributed by atoms with Gasteiger partial charge < -0.3 is 23.7 Å². The van der Waals surface area contributed by atoms with Gasteiger partial charge in [-0.1, -0.05) is 0 Å². The average Bonchev–Trinajstić information content (AvgIpc) is 3.32. The number of furan rings is 1. The van der Waals surface area contributed by atoms with Crippen LogP contribution in [-0.2, 0) is 14.3 Å². The number of amides is 2. The number of ether oxygens (including phenoxy) is 2. The number of rotatable bonds is 3. The lowest BCUT2D eigenvalue weighted by Gasteiger charge is -2.34. The van der Waals surface area contributed by atoms with Gasteiger partial charge in [0.2, 0.25) is 5.91 Å². The normalized spacial score (nSPS) is 29.5. The average molecular weight is 348 g/mol. The Balaban J connectivity index is 1.39. The van der Waals surface area contributed by atoms with E-state index in [0.717, 1.165) is 0 Å². The number of likely N-dealkylation sites (tertiary alicyclic amines) is 1. The lowest BCUT2D eigenvalue weighted by Crippen LogP contribution is -2.44. The fraction of sp³-hybridized carbons (Fsp3) is 0.667. The zero-order chi connectivity index (χ0) is 17.2. The molecular weight excluding hydrogens is 324 g/mol. The Labute approximate surface area is 146 Å². The summed E-state index contributed by atoms with van der Waals surface area (Å²) < 4.78 is 16.1. The third-order valence-corrected chi connectivity index (χ3v) is 5.62. The van der Waals surface area contributed by atoms with Crippen molar-refractivity contribution in [1.82, 2.24) is 9.80 Å². The van der Waals surface area contributed by atoms with E-state index in [2.05, 4.69) is 0 Å². The van der Waals surface area contributed by atoms with Crippen LogP contribution < -0.4 is 0 Å². The highest BCUT2D eigenvalue weighted by Crippen LogP contribution is 2.36. The first-order chi connectivity index (χ1) is 12.2. The Morgan fingerprint density at radius 1 is 1.08 bits per heavy atom. The summed E-state index contributed by atoms with van der Waals surface area (Å²) in [6.07, 6.45) is 3.50. The maximum Gasteiger partial charge on any atom is 0.257 e. The molecule has 0 radical (unpaired) electrons. The van der Waals surface area contributed by atoms with Gasteiger partial charge >= 0.3 is 0 Å². The summed E-state index contributed by atoms with van der Waals surface area (Å²) in [5, 5.41) is 0. The van der Waals surface area contributed by atoms with Crippen LogP contribution in [-0.4, -0.2) is 74.2 Å². The van der Waals surface area contributed by atoms with Crippen molar-refractivity contribution in [2.75, 3.05) is 52.6 Å². The van der Waals surface area contributed by atoms with Gasteiger partial charge in [-0.15, -0.1) is 0 Å². The molecule has 0 unspecified atom stereocenters. The minimum Gasteiger partial charge on any atom is -0.472 e. The van der Waals surface area contributed by atoms with Crippen LogP contribution in [0.2, 0.25) is 0 Å². The van der Waals surface area contributed by atoms with Crippen molar-refractivity contribution in [3.8, 4) is 0 Å². The Kier molecular flexibility index (Phi) is 4.76. The van der Waals surface area contributed by atoms with E-state index in [-0.39, 0.29) is 17.7 Å². The van der Waals surface area contributed by atoms with Gasteiger partial charge in [-0.3, -0.25) is 9.59 Å². The Hall–Kier alpha value is -1.86. The molecule has 3 fully saturated rings. The highest BCUT2D eigenvalue weighted by Gasteiger charge is 2.43. The van der Waals surface area contributed by atoms with E-state index in [0.29, 0.717) is 76.4 Å². The van der Waals surface area contributed by atoms with Gasteiger partial charge in [0.25, 0.3) is 5.91 Å². The molecule has 4 rings (SSSR count). The van der Waals surface area contributed by atoms with Crippen molar-refractivity contribution in [1.29, 1.82) is 0 Å². The quantitative estimate of drug-likeness (QED) is 0.810. The molecule has 7 heteroatoms. The van der Waals surface area contributed by atoms with Gasteiger partial charge in [0.15, 0.2) is 0 Å². The van der Waals surface area contributed by atoms with Crippen LogP contribution in [0.15, 0.2) is 23.0 Å². The molecule has 3 aliphatic rings. The van der Waals surface area contributed by atoms with E-state index >= 15 is 0 Å². The minimum atomic E-state index is 0.00130. The molecule has 1 aromatic rings. The SMILES string of the molecule is O=C(C[C@@H]1COC[C@@H]2CN(C(=O)c3ccoc3)C[C@@H]21)N1CCOCC1. The molecule has 3 saturated heterocycles. The van der Waals surface area contributed by atoms with Crippen LogP contribution in [0, 0.1) is 17.8 Å². The summed E-state index contributed by atoms with van der Waals surface area (Å²) in [5.41, 5.74) is 0.584. The van der Waals surface area contributed by atoms with E-state index in [9.17, 15) is 9.59 Å². The molecule has 0 spiro atoms. The van der Waals surface area contributed by atoms with Crippen LogP contribution in [0.5, 0.6) is 0 Å². The van der Waals surface area contributed by atoms with Crippen LogP contribution in [0.3, 0.4) is 0 Å². The largest absolute Gasteiger partial charge is 0.472 e. The second-order valence-corrected chi connectivity index (χ2v) is 7.14. The molecule has 0 aliphatic carbocycles. The zero-order valence-electron chi connectivity index (χ0n) is 14.3. The van der Waals surface area contributed by atoms with Crippen molar-refractivity contribution in [2.24, 2.45) is 17.8 Å². The number of hydrogen-bond donors (Lipinski definition) is 0. The predicted octanol–water partition coefficient (Wildman–Crippen LogP) is 0.863. The van der Waals surface area contributed by atoms with Gasteiger partial charge in [-0.25, -0.2) is 0 Å². The van der Waals surface area contributed by atoms with E-state index in [1.54, 1.807) is 6.07 Å². The molecule has 4 heterocycles. The summed E-state index contributed by atoms with van der Waals surface area (Å²) in [4.78, 5) is 28.9. The van der Waals surface area contributed by atoms with Crippen molar-refractivity contribution in [2.45, 2.75) is 6.42 Å². The van der Waals surface area contributed by atoms with Crippen LogP contribution in [0.25, 0.3) is 0 Å². The minimum absolute atomic E-state index is 0.00130. The predicted molar refractivity (Wildman–Crippen MR) is 87.9 cm³/mol. The number of fused-ring (bicyclic) bond motifs is 1. The van der Waals surface area contributed by atoms with Gasteiger partial charge in [0.1, 0.15) is 6.26 Å². The fourth-order valence-corrected chi connectivity index (χ4v) is 4.21. The molecule has 2 amide bonds. The van der Waals surface area contributed by atoms with Crippen LogP contribution in [0.4, 0.5) is 0 Å². The van der Waals surface area contributed by atoms with Crippen molar-refractivity contribution in [3.05, 3.63) is 24.2 Å². The molecule has 1 aromatic heterocycles. The zero-order valence-corrected chi connectivity index (χ0v) is 14.3. The van der Waals surface area contributed by atoms with E-state index < -0.39 is 0 Å². The number of carbonyl (C=O) groups excluding carboxylic acids is 2. The summed E-state index contributed by atoms with van der Waals surface area (Å²) in [5.74, 6) is 0.997. The van der Waals surface area contributed by atoms with Crippen molar-refractivity contribution in [3.63, 3.8) is 0 Å². The molecule has 136 valence electrons. The standard InChI is InChI=1S/C18H24N2O5/c21-17(19-2-5-23-6-3-19)7-14-11-25-12-15-8-20(9-16(14)15)18(22)13-1-4-24-10-13/h1,4,10,14-16H,2-3,5-9,11-12H2/t14-,15+,16-/m1/s1. The number of nitrogens with zero attached hydrogens (tertiary/aromatic N) is 2.